The van der Waals surface area contributed by atoms with Gasteiger partial charge < -0.3 is 0 Å². The van der Waals surface area contributed by atoms with E-state index in [2.05, 4.69) is 40.8 Å². The second-order valence-corrected chi connectivity index (χ2v) is 6.49. The van der Waals surface area contributed by atoms with Crippen LogP contribution in [0.3, 0.4) is 0 Å². The minimum absolute atomic E-state index is 0.410. The van der Waals surface area contributed by atoms with Crippen LogP contribution in [0.25, 0.3) is 0 Å². The van der Waals surface area contributed by atoms with Gasteiger partial charge in [0.2, 0.25) is 0 Å². The van der Waals surface area contributed by atoms with E-state index in [1.165, 1.54) is 24.8 Å². The van der Waals surface area contributed by atoms with Crippen LogP contribution in [0, 0.1) is 5.41 Å². The van der Waals surface area contributed by atoms with Gasteiger partial charge in [-0.15, -0.1) is 0 Å². The number of aromatic nitrogens is 1. The second-order valence-electron chi connectivity index (χ2n) is 5.20. The van der Waals surface area contributed by atoms with Crippen LogP contribution in [-0.4, -0.2) is 9.81 Å². The number of rotatable bonds is 1. The molecular weight excluding hydrogens is 250 g/mol. The van der Waals surface area contributed by atoms with Crippen molar-refractivity contribution in [2.45, 2.75) is 43.9 Å². The van der Waals surface area contributed by atoms with Crippen molar-refractivity contribution in [2.75, 3.05) is 0 Å². The van der Waals surface area contributed by atoms with Gasteiger partial charge in [-0.3, -0.25) is 4.98 Å². The standard InChI is InChI=1S/C13H18BrN/c1-13(2)6-5-11(14)8-12(13)10-4-3-7-15-9-10/h3-4,7,9,11-12H,5-6,8H2,1-2H3. The molecule has 1 aliphatic carbocycles. The average Bonchev–Trinajstić information content (AvgIpc) is 2.23. The van der Waals surface area contributed by atoms with E-state index in [-0.39, 0.29) is 0 Å². The number of pyridine rings is 1. The lowest BCUT2D eigenvalue weighted by molar-refractivity contribution is 0.205. The van der Waals surface area contributed by atoms with Crippen LogP contribution >= 0.6 is 15.9 Å². The Morgan fingerprint density at radius 1 is 1.47 bits per heavy atom. The first-order chi connectivity index (χ1) is 7.09. The van der Waals surface area contributed by atoms with Crippen LogP contribution in [0.4, 0.5) is 0 Å². The van der Waals surface area contributed by atoms with Crippen molar-refractivity contribution in [1.82, 2.24) is 4.98 Å². The minimum atomic E-state index is 0.410. The third-order valence-corrected chi connectivity index (χ3v) is 4.46. The lowest BCUT2D eigenvalue weighted by Crippen LogP contribution is -2.30. The summed E-state index contributed by atoms with van der Waals surface area (Å²) in [5.41, 5.74) is 1.81. The van der Waals surface area contributed by atoms with Crippen molar-refractivity contribution >= 4 is 15.9 Å². The van der Waals surface area contributed by atoms with Crippen molar-refractivity contribution in [2.24, 2.45) is 5.41 Å². The van der Waals surface area contributed by atoms with E-state index >= 15 is 0 Å². The van der Waals surface area contributed by atoms with Gasteiger partial charge in [0.1, 0.15) is 0 Å². The SMILES string of the molecule is CC1(C)CCC(Br)CC1c1cccnc1. The molecule has 2 atom stereocenters. The minimum Gasteiger partial charge on any atom is -0.264 e. The van der Waals surface area contributed by atoms with Crippen LogP contribution in [0.1, 0.15) is 44.6 Å². The molecule has 0 aliphatic heterocycles. The molecule has 0 N–H and O–H groups in total. The van der Waals surface area contributed by atoms with Gasteiger partial charge in [-0.25, -0.2) is 0 Å². The van der Waals surface area contributed by atoms with Crippen LogP contribution in [0.5, 0.6) is 0 Å². The number of halogens is 1. The van der Waals surface area contributed by atoms with Crippen molar-refractivity contribution in [3.63, 3.8) is 0 Å². The summed E-state index contributed by atoms with van der Waals surface area (Å²) < 4.78 is 0. The summed E-state index contributed by atoms with van der Waals surface area (Å²) in [5.74, 6) is 0.643. The fraction of sp³-hybridized carbons (Fsp3) is 0.615. The maximum atomic E-state index is 4.24. The van der Waals surface area contributed by atoms with Gasteiger partial charge in [0.25, 0.3) is 0 Å². The molecule has 1 aromatic rings. The molecule has 0 bridgehead atoms. The third-order valence-electron chi connectivity index (χ3n) is 3.62. The van der Waals surface area contributed by atoms with Gasteiger partial charge in [-0.2, -0.15) is 0 Å². The molecule has 0 amide bonds. The molecule has 82 valence electrons. The maximum absolute atomic E-state index is 4.24. The van der Waals surface area contributed by atoms with E-state index in [0.717, 1.165) is 0 Å². The fourth-order valence-electron chi connectivity index (χ4n) is 2.56. The van der Waals surface area contributed by atoms with Gasteiger partial charge in [0, 0.05) is 17.2 Å². The Balaban J connectivity index is 2.26. The Bertz CT molecular complexity index is 321. The molecule has 1 saturated carbocycles. The average molecular weight is 268 g/mol. The molecule has 15 heavy (non-hydrogen) atoms. The predicted octanol–water partition coefficient (Wildman–Crippen LogP) is 4.14. The number of hydrogen-bond donors (Lipinski definition) is 0. The highest BCUT2D eigenvalue weighted by Crippen LogP contribution is 2.48. The van der Waals surface area contributed by atoms with Gasteiger partial charge in [0.15, 0.2) is 0 Å². The van der Waals surface area contributed by atoms with Gasteiger partial charge in [-0.1, -0.05) is 35.8 Å². The number of nitrogens with zero attached hydrogens (tertiary/aromatic N) is 1. The van der Waals surface area contributed by atoms with E-state index in [0.29, 0.717) is 16.2 Å². The lowest BCUT2D eigenvalue weighted by Gasteiger charge is -2.41. The molecule has 1 nitrogen and oxygen atoms in total. The largest absolute Gasteiger partial charge is 0.264 e. The van der Waals surface area contributed by atoms with Crippen molar-refractivity contribution in [1.29, 1.82) is 0 Å². The number of alkyl halides is 1. The van der Waals surface area contributed by atoms with Crippen LogP contribution in [0.2, 0.25) is 0 Å². The summed E-state index contributed by atoms with van der Waals surface area (Å²) in [6.45, 7) is 4.76. The van der Waals surface area contributed by atoms with E-state index < -0.39 is 0 Å². The molecule has 0 radical (unpaired) electrons. The monoisotopic (exact) mass is 267 g/mol. The van der Waals surface area contributed by atoms with Crippen molar-refractivity contribution in [3.05, 3.63) is 30.1 Å². The fourth-order valence-corrected chi connectivity index (χ4v) is 3.17. The van der Waals surface area contributed by atoms with Gasteiger partial charge >= 0.3 is 0 Å². The molecule has 0 aromatic carbocycles. The summed E-state index contributed by atoms with van der Waals surface area (Å²) in [4.78, 5) is 4.91. The highest BCUT2D eigenvalue weighted by molar-refractivity contribution is 9.09. The molecule has 1 heterocycles. The lowest BCUT2D eigenvalue weighted by atomic mass is 9.66. The molecule has 1 aromatic heterocycles. The Labute approximate surface area is 100 Å². The summed E-state index contributed by atoms with van der Waals surface area (Å²) in [7, 11) is 0. The Morgan fingerprint density at radius 3 is 2.93 bits per heavy atom. The first-order valence-corrected chi connectivity index (χ1v) is 6.55. The first kappa shape index (κ1) is 11.1. The molecular formula is C13H18BrN. The zero-order valence-electron chi connectivity index (χ0n) is 9.41. The molecule has 0 saturated heterocycles. The van der Waals surface area contributed by atoms with Crippen LogP contribution in [-0.2, 0) is 0 Å². The van der Waals surface area contributed by atoms with Crippen LogP contribution < -0.4 is 0 Å². The molecule has 2 unspecified atom stereocenters. The molecule has 2 rings (SSSR count). The van der Waals surface area contributed by atoms with E-state index in [4.69, 9.17) is 0 Å². The van der Waals surface area contributed by atoms with E-state index in [1.807, 2.05) is 18.5 Å². The quantitative estimate of drug-likeness (QED) is 0.697. The summed E-state index contributed by atoms with van der Waals surface area (Å²) in [5, 5.41) is 0. The van der Waals surface area contributed by atoms with Gasteiger partial charge in [0.05, 0.1) is 0 Å². The Hall–Kier alpha value is -0.370. The highest BCUT2D eigenvalue weighted by Gasteiger charge is 2.36. The molecule has 0 spiro atoms. The Kier molecular flexibility index (Phi) is 3.15. The molecule has 1 fully saturated rings. The Morgan fingerprint density at radius 2 is 2.27 bits per heavy atom. The number of hydrogen-bond acceptors (Lipinski definition) is 1. The topological polar surface area (TPSA) is 12.9 Å². The third kappa shape index (κ3) is 2.41. The zero-order chi connectivity index (χ0) is 10.9. The van der Waals surface area contributed by atoms with E-state index in [1.54, 1.807) is 0 Å². The summed E-state index contributed by atoms with van der Waals surface area (Å²) >= 11 is 3.76. The summed E-state index contributed by atoms with van der Waals surface area (Å²) in [6, 6.07) is 4.26. The zero-order valence-corrected chi connectivity index (χ0v) is 11.0. The van der Waals surface area contributed by atoms with E-state index in [9.17, 15) is 0 Å². The molecule has 2 heteroatoms. The second kappa shape index (κ2) is 4.25. The summed E-state index contributed by atoms with van der Waals surface area (Å²) in [6.07, 6.45) is 7.70. The maximum Gasteiger partial charge on any atom is 0.0302 e. The smallest absolute Gasteiger partial charge is 0.0302 e. The van der Waals surface area contributed by atoms with Crippen LogP contribution in [0.15, 0.2) is 24.5 Å². The highest BCUT2D eigenvalue weighted by atomic mass is 79.9. The first-order valence-electron chi connectivity index (χ1n) is 5.63. The molecule has 1 aliphatic rings. The van der Waals surface area contributed by atoms with Gasteiger partial charge in [-0.05, 0) is 42.2 Å². The van der Waals surface area contributed by atoms with Crippen molar-refractivity contribution in [3.8, 4) is 0 Å². The normalized spacial score (nSPS) is 30.1. The van der Waals surface area contributed by atoms with Crippen molar-refractivity contribution < 1.29 is 0 Å². The predicted molar refractivity (Wildman–Crippen MR) is 67.3 cm³/mol.